The minimum atomic E-state index is 0.119. The summed E-state index contributed by atoms with van der Waals surface area (Å²) in [5.41, 5.74) is 5.24. The van der Waals surface area contributed by atoms with E-state index in [1.54, 1.807) is 0 Å². The number of para-hydroxylation sites is 2. The number of aromatic nitrogens is 4. The molecule has 3 aromatic rings. The lowest BCUT2D eigenvalue weighted by Gasteiger charge is -2.32. The van der Waals surface area contributed by atoms with Crippen molar-refractivity contribution in [2.24, 2.45) is 13.0 Å². The maximum absolute atomic E-state index is 13.3. The summed E-state index contributed by atoms with van der Waals surface area (Å²) in [5.74, 6) is 1.58. The smallest absolute Gasteiger partial charge is 0.274 e. The predicted molar refractivity (Wildman–Crippen MR) is 108 cm³/mol. The Morgan fingerprint density at radius 2 is 2.07 bits per heavy atom. The number of imidazole rings is 1. The number of likely N-dealkylation sites (tertiary alicyclic amines) is 1. The molecule has 1 saturated heterocycles. The van der Waals surface area contributed by atoms with Crippen molar-refractivity contribution in [1.29, 1.82) is 0 Å². The van der Waals surface area contributed by atoms with E-state index in [2.05, 4.69) is 16.1 Å². The highest BCUT2D eigenvalue weighted by Gasteiger charge is 2.30. The van der Waals surface area contributed by atoms with Crippen LogP contribution in [0.2, 0.25) is 0 Å². The van der Waals surface area contributed by atoms with Crippen LogP contribution < -0.4 is 0 Å². The average molecular weight is 377 g/mol. The number of carbonyl (C=O) groups is 1. The van der Waals surface area contributed by atoms with Gasteiger partial charge in [0.15, 0.2) is 5.69 Å². The Hall–Kier alpha value is -2.63. The number of aryl methyl sites for hydroxylation is 1. The molecule has 2 aliphatic rings. The number of fused-ring (bicyclic) bond motifs is 2. The number of aromatic amines is 1. The highest BCUT2D eigenvalue weighted by atomic mass is 16.2. The van der Waals surface area contributed by atoms with E-state index in [9.17, 15) is 4.79 Å². The SMILES string of the molecule is Cn1nc(C(=O)N2CCCC(Cc3nc4ccccc4[nH]3)C2)c2c1CCCC2. The first-order valence-corrected chi connectivity index (χ1v) is 10.5. The van der Waals surface area contributed by atoms with Crippen molar-refractivity contribution in [3.05, 3.63) is 47.0 Å². The summed E-state index contributed by atoms with van der Waals surface area (Å²) in [6, 6.07) is 8.14. The van der Waals surface area contributed by atoms with Crippen molar-refractivity contribution in [1.82, 2.24) is 24.6 Å². The molecule has 6 nitrogen and oxygen atoms in total. The van der Waals surface area contributed by atoms with Crippen LogP contribution in [0.4, 0.5) is 0 Å². The lowest BCUT2D eigenvalue weighted by atomic mass is 9.93. The second-order valence-corrected chi connectivity index (χ2v) is 8.27. The third kappa shape index (κ3) is 3.11. The summed E-state index contributed by atoms with van der Waals surface area (Å²) in [5, 5.41) is 4.61. The number of nitrogens with zero attached hydrogens (tertiary/aromatic N) is 4. The number of carbonyl (C=O) groups excluding carboxylic acids is 1. The van der Waals surface area contributed by atoms with Crippen LogP contribution in [-0.2, 0) is 26.3 Å². The van der Waals surface area contributed by atoms with Gasteiger partial charge in [-0.2, -0.15) is 5.10 Å². The molecule has 0 bridgehead atoms. The zero-order chi connectivity index (χ0) is 19.1. The van der Waals surface area contributed by atoms with Crippen LogP contribution in [0.5, 0.6) is 0 Å². The van der Waals surface area contributed by atoms with Gasteiger partial charge in [0.05, 0.1) is 11.0 Å². The Bertz CT molecular complexity index is 984. The minimum Gasteiger partial charge on any atom is -0.342 e. The summed E-state index contributed by atoms with van der Waals surface area (Å²) < 4.78 is 1.93. The number of H-pyrrole nitrogens is 1. The maximum atomic E-state index is 13.3. The van der Waals surface area contributed by atoms with Gasteiger partial charge in [0.1, 0.15) is 5.82 Å². The zero-order valence-electron chi connectivity index (χ0n) is 16.4. The number of hydrogen-bond donors (Lipinski definition) is 1. The first-order valence-electron chi connectivity index (χ1n) is 10.5. The van der Waals surface area contributed by atoms with E-state index in [1.165, 1.54) is 17.7 Å². The van der Waals surface area contributed by atoms with Crippen molar-refractivity contribution in [2.75, 3.05) is 13.1 Å². The minimum absolute atomic E-state index is 0.119. The van der Waals surface area contributed by atoms with E-state index in [0.717, 1.165) is 68.5 Å². The molecule has 3 heterocycles. The van der Waals surface area contributed by atoms with E-state index in [1.807, 2.05) is 34.8 Å². The van der Waals surface area contributed by atoms with Crippen molar-refractivity contribution in [3.63, 3.8) is 0 Å². The molecule has 1 fully saturated rings. The van der Waals surface area contributed by atoms with E-state index in [4.69, 9.17) is 4.98 Å². The second-order valence-electron chi connectivity index (χ2n) is 8.27. The standard InChI is InChI=1S/C22H27N5O/c1-26-19-11-5-2-8-16(19)21(25-26)22(28)27-12-6-7-15(14-27)13-20-23-17-9-3-4-10-18(17)24-20/h3-4,9-10,15H,2,5-8,11-14H2,1H3,(H,23,24). The van der Waals surface area contributed by atoms with Gasteiger partial charge in [-0.3, -0.25) is 9.48 Å². The first-order chi connectivity index (χ1) is 13.7. The van der Waals surface area contributed by atoms with Gasteiger partial charge < -0.3 is 9.88 Å². The Kier molecular flexibility index (Phi) is 4.41. The van der Waals surface area contributed by atoms with Crippen molar-refractivity contribution in [3.8, 4) is 0 Å². The van der Waals surface area contributed by atoms with Crippen molar-refractivity contribution >= 4 is 16.9 Å². The highest BCUT2D eigenvalue weighted by Crippen LogP contribution is 2.27. The van der Waals surface area contributed by atoms with Crippen LogP contribution in [0, 0.1) is 5.92 Å². The fourth-order valence-electron chi connectivity index (χ4n) is 4.89. The Balaban J connectivity index is 1.32. The summed E-state index contributed by atoms with van der Waals surface area (Å²) in [6.45, 7) is 1.63. The van der Waals surface area contributed by atoms with Crippen LogP contribution in [-0.4, -0.2) is 43.6 Å². The Morgan fingerprint density at radius 1 is 1.21 bits per heavy atom. The number of amides is 1. The monoisotopic (exact) mass is 377 g/mol. The van der Waals surface area contributed by atoms with Gasteiger partial charge in [-0.1, -0.05) is 12.1 Å². The lowest BCUT2D eigenvalue weighted by Crippen LogP contribution is -2.41. The number of benzene rings is 1. The summed E-state index contributed by atoms with van der Waals surface area (Å²) in [4.78, 5) is 23.4. The molecule has 28 heavy (non-hydrogen) atoms. The highest BCUT2D eigenvalue weighted by molar-refractivity contribution is 5.94. The molecule has 1 aliphatic heterocycles. The molecular weight excluding hydrogens is 350 g/mol. The van der Waals surface area contributed by atoms with Gasteiger partial charge in [0.2, 0.25) is 0 Å². The van der Waals surface area contributed by atoms with Gasteiger partial charge in [-0.15, -0.1) is 0 Å². The number of piperidine rings is 1. The fraction of sp³-hybridized carbons (Fsp3) is 0.500. The molecule has 1 N–H and O–H groups in total. The van der Waals surface area contributed by atoms with E-state index >= 15 is 0 Å². The largest absolute Gasteiger partial charge is 0.342 e. The van der Waals surface area contributed by atoms with Gasteiger partial charge in [0, 0.05) is 37.8 Å². The molecule has 6 heteroatoms. The molecule has 0 radical (unpaired) electrons. The Morgan fingerprint density at radius 3 is 2.96 bits per heavy atom. The number of nitrogens with one attached hydrogen (secondary N) is 1. The van der Waals surface area contributed by atoms with E-state index < -0.39 is 0 Å². The predicted octanol–water partition coefficient (Wildman–Crippen LogP) is 3.27. The molecule has 146 valence electrons. The van der Waals surface area contributed by atoms with Crippen LogP contribution in [0.3, 0.4) is 0 Å². The molecule has 0 spiro atoms. The molecular formula is C22H27N5O. The Labute approximate surface area is 164 Å². The van der Waals surface area contributed by atoms with Gasteiger partial charge in [0.25, 0.3) is 5.91 Å². The molecule has 1 amide bonds. The molecule has 1 aliphatic carbocycles. The average Bonchev–Trinajstić information content (AvgIpc) is 3.28. The van der Waals surface area contributed by atoms with Crippen molar-refractivity contribution < 1.29 is 4.79 Å². The van der Waals surface area contributed by atoms with E-state index in [-0.39, 0.29) is 5.91 Å². The summed E-state index contributed by atoms with van der Waals surface area (Å²) in [7, 11) is 1.97. The zero-order valence-corrected chi connectivity index (χ0v) is 16.4. The van der Waals surface area contributed by atoms with Crippen molar-refractivity contribution in [2.45, 2.75) is 44.9 Å². The third-order valence-corrected chi connectivity index (χ3v) is 6.29. The molecule has 1 unspecified atom stereocenters. The summed E-state index contributed by atoms with van der Waals surface area (Å²) in [6.07, 6.45) is 7.46. The van der Waals surface area contributed by atoms with Gasteiger partial charge in [-0.25, -0.2) is 4.98 Å². The van der Waals surface area contributed by atoms with E-state index in [0.29, 0.717) is 11.6 Å². The topological polar surface area (TPSA) is 66.8 Å². The van der Waals surface area contributed by atoms with Crippen LogP contribution >= 0.6 is 0 Å². The lowest BCUT2D eigenvalue weighted by molar-refractivity contribution is 0.0664. The first kappa shape index (κ1) is 17.5. The molecule has 5 rings (SSSR count). The third-order valence-electron chi connectivity index (χ3n) is 6.29. The van der Waals surface area contributed by atoms with Gasteiger partial charge in [-0.05, 0) is 56.6 Å². The second kappa shape index (κ2) is 7.08. The molecule has 0 saturated carbocycles. The summed E-state index contributed by atoms with van der Waals surface area (Å²) >= 11 is 0. The number of hydrogen-bond acceptors (Lipinski definition) is 3. The van der Waals surface area contributed by atoms with Gasteiger partial charge >= 0.3 is 0 Å². The van der Waals surface area contributed by atoms with Crippen LogP contribution in [0.1, 0.15) is 53.3 Å². The number of rotatable bonds is 3. The normalized spacial score (nSPS) is 19.8. The fourth-order valence-corrected chi connectivity index (χ4v) is 4.89. The quantitative estimate of drug-likeness (QED) is 0.762. The molecule has 2 aromatic heterocycles. The molecule has 1 aromatic carbocycles. The maximum Gasteiger partial charge on any atom is 0.274 e. The van der Waals surface area contributed by atoms with Crippen LogP contribution in [0.15, 0.2) is 24.3 Å². The van der Waals surface area contributed by atoms with Crippen LogP contribution in [0.25, 0.3) is 11.0 Å². The molecule has 1 atom stereocenters.